The lowest BCUT2D eigenvalue weighted by molar-refractivity contribution is 0.166. The zero-order valence-electron chi connectivity index (χ0n) is 13.8. The highest BCUT2D eigenvalue weighted by molar-refractivity contribution is 5.78. The lowest BCUT2D eigenvalue weighted by Gasteiger charge is -2.35. The third-order valence-corrected chi connectivity index (χ3v) is 5.48. The number of benzene rings is 1. The molecule has 0 radical (unpaired) electrons. The van der Waals surface area contributed by atoms with Gasteiger partial charge in [0, 0.05) is 48.4 Å². The van der Waals surface area contributed by atoms with Gasteiger partial charge >= 0.3 is 0 Å². The van der Waals surface area contributed by atoms with Crippen molar-refractivity contribution in [3.05, 3.63) is 65.4 Å². The second kappa shape index (κ2) is 5.35. The molecule has 3 aromatic rings. The van der Waals surface area contributed by atoms with E-state index in [1.165, 1.54) is 35.0 Å². The van der Waals surface area contributed by atoms with Crippen molar-refractivity contribution in [1.29, 1.82) is 0 Å². The minimum absolute atomic E-state index is 0.476. The second-order valence-electron chi connectivity index (χ2n) is 6.97. The van der Waals surface area contributed by atoms with E-state index < -0.39 is 0 Å². The average Bonchev–Trinajstić information content (AvgIpc) is 2.87. The van der Waals surface area contributed by atoms with Crippen molar-refractivity contribution in [2.24, 2.45) is 0 Å². The summed E-state index contributed by atoms with van der Waals surface area (Å²) in [5, 5.41) is 1.22. The number of hydrogen-bond donors (Lipinski definition) is 0. The lowest BCUT2D eigenvalue weighted by Crippen LogP contribution is -2.37. The summed E-state index contributed by atoms with van der Waals surface area (Å²) in [7, 11) is 0. The van der Waals surface area contributed by atoms with E-state index in [1.54, 1.807) is 0 Å². The second-order valence-corrected chi connectivity index (χ2v) is 6.97. The molecule has 2 aliphatic rings. The summed E-state index contributed by atoms with van der Waals surface area (Å²) in [5.74, 6) is 0.892. The van der Waals surface area contributed by atoms with Gasteiger partial charge in [0.15, 0.2) is 0 Å². The zero-order valence-corrected chi connectivity index (χ0v) is 13.8. The van der Waals surface area contributed by atoms with Crippen molar-refractivity contribution in [3.8, 4) is 0 Å². The molecule has 24 heavy (non-hydrogen) atoms. The Morgan fingerprint density at radius 3 is 3.08 bits per heavy atom. The maximum atomic E-state index is 4.69. The molecule has 0 amide bonds. The van der Waals surface area contributed by atoms with Crippen molar-refractivity contribution < 1.29 is 0 Å². The maximum Gasteiger partial charge on any atom is 0.125 e. The molecule has 0 aliphatic carbocycles. The molecular weight excluding hydrogens is 296 g/mol. The summed E-state index contributed by atoms with van der Waals surface area (Å²) in [6, 6.07) is 11.9. The summed E-state index contributed by atoms with van der Waals surface area (Å²) in [6.07, 6.45) is 7.45. The van der Waals surface area contributed by atoms with Gasteiger partial charge in [-0.15, -0.1) is 0 Å². The van der Waals surface area contributed by atoms with E-state index in [4.69, 9.17) is 4.98 Å². The van der Waals surface area contributed by atoms with Crippen molar-refractivity contribution in [1.82, 2.24) is 19.9 Å². The van der Waals surface area contributed by atoms with Crippen LogP contribution >= 0.6 is 0 Å². The van der Waals surface area contributed by atoms with E-state index in [0.717, 1.165) is 24.3 Å². The molecule has 1 aromatic carbocycles. The highest BCUT2D eigenvalue weighted by Gasteiger charge is 2.40. The van der Waals surface area contributed by atoms with E-state index in [-0.39, 0.29) is 0 Å². The number of fused-ring (bicyclic) bond motifs is 5. The van der Waals surface area contributed by atoms with Gasteiger partial charge in [-0.05, 0) is 43.5 Å². The number of nitrogens with zero attached hydrogens (tertiary/aromatic N) is 4. The molecular formula is C20H20N4. The Balaban J connectivity index is 1.48. The van der Waals surface area contributed by atoms with E-state index >= 15 is 0 Å². The predicted octanol–water partition coefficient (Wildman–Crippen LogP) is 3.60. The fourth-order valence-electron chi connectivity index (χ4n) is 4.35. The van der Waals surface area contributed by atoms with Crippen molar-refractivity contribution in [3.63, 3.8) is 0 Å². The molecule has 4 heteroatoms. The van der Waals surface area contributed by atoms with Gasteiger partial charge in [0.2, 0.25) is 0 Å². The van der Waals surface area contributed by atoms with Crippen LogP contribution in [0, 0.1) is 6.92 Å². The minimum atomic E-state index is 0.476. The van der Waals surface area contributed by atoms with E-state index in [9.17, 15) is 0 Å². The van der Waals surface area contributed by atoms with Gasteiger partial charge in [-0.1, -0.05) is 12.1 Å². The quantitative estimate of drug-likeness (QED) is 0.724. The predicted molar refractivity (Wildman–Crippen MR) is 93.5 cm³/mol. The Bertz CT molecular complexity index is 920. The Hall–Kier alpha value is -2.33. The van der Waals surface area contributed by atoms with Crippen LogP contribution in [0.1, 0.15) is 41.5 Å². The number of aryl methyl sites for hydroxylation is 1. The molecule has 2 bridgehead atoms. The highest BCUT2D eigenvalue weighted by Crippen LogP contribution is 2.43. The molecule has 2 aliphatic heterocycles. The molecule has 120 valence electrons. The molecule has 1 saturated heterocycles. The zero-order chi connectivity index (χ0) is 16.1. The summed E-state index contributed by atoms with van der Waals surface area (Å²) in [6.45, 7) is 2.98. The fourth-order valence-corrected chi connectivity index (χ4v) is 4.35. The first-order valence-corrected chi connectivity index (χ1v) is 8.70. The lowest BCUT2D eigenvalue weighted by atomic mass is 9.98. The number of aromatic nitrogens is 3. The van der Waals surface area contributed by atoms with E-state index in [1.807, 2.05) is 19.2 Å². The normalized spacial score (nSPS) is 22.7. The van der Waals surface area contributed by atoms with Crippen LogP contribution in [0.3, 0.4) is 0 Å². The first-order chi connectivity index (χ1) is 11.8. The third kappa shape index (κ3) is 2.21. The molecule has 0 spiro atoms. The van der Waals surface area contributed by atoms with E-state index in [0.29, 0.717) is 12.1 Å². The van der Waals surface area contributed by atoms with Crippen molar-refractivity contribution >= 4 is 10.9 Å². The monoisotopic (exact) mass is 316 g/mol. The van der Waals surface area contributed by atoms with Gasteiger partial charge in [0.05, 0.1) is 11.2 Å². The number of hydrogen-bond acceptors (Lipinski definition) is 4. The third-order valence-electron chi connectivity index (χ3n) is 5.48. The maximum absolute atomic E-state index is 4.69. The Morgan fingerprint density at radius 1 is 1.17 bits per heavy atom. The summed E-state index contributed by atoms with van der Waals surface area (Å²) in [4.78, 5) is 16.2. The van der Waals surface area contributed by atoms with Crippen LogP contribution in [0.4, 0.5) is 0 Å². The van der Waals surface area contributed by atoms with Gasteiger partial charge in [0.25, 0.3) is 0 Å². The molecule has 4 nitrogen and oxygen atoms in total. The molecule has 2 atom stereocenters. The Labute approximate surface area is 141 Å². The smallest absolute Gasteiger partial charge is 0.125 e. The number of rotatable bonds is 2. The van der Waals surface area contributed by atoms with Crippen LogP contribution < -0.4 is 0 Å². The first kappa shape index (κ1) is 14.1. The minimum Gasteiger partial charge on any atom is -0.289 e. The van der Waals surface area contributed by atoms with Crippen LogP contribution in [-0.4, -0.2) is 25.9 Å². The fraction of sp³-hybridized carbons (Fsp3) is 0.350. The Morgan fingerprint density at radius 2 is 2.12 bits per heavy atom. The molecule has 0 unspecified atom stereocenters. The van der Waals surface area contributed by atoms with Crippen molar-refractivity contribution in [2.45, 2.75) is 44.8 Å². The molecule has 0 N–H and O–H groups in total. The van der Waals surface area contributed by atoms with Crippen LogP contribution in [0.5, 0.6) is 0 Å². The molecule has 4 heterocycles. The molecule has 1 fully saturated rings. The first-order valence-electron chi connectivity index (χ1n) is 8.70. The van der Waals surface area contributed by atoms with Crippen LogP contribution in [0.25, 0.3) is 10.9 Å². The van der Waals surface area contributed by atoms with Gasteiger partial charge in [0.1, 0.15) is 5.82 Å². The average molecular weight is 316 g/mol. The van der Waals surface area contributed by atoms with Crippen LogP contribution in [-0.2, 0) is 13.0 Å². The molecule has 2 aromatic heterocycles. The number of pyridine rings is 1. The summed E-state index contributed by atoms with van der Waals surface area (Å²) < 4.78 is 0. The van der Waals surface area contributed by atoms with Gasteiger partial charge in [-0.25, -0.2) is 9.97 Å². The largest absolute Gasteiger partial charge is 0.289 e. The molecule has 0 saturated carbocycles. The van der Waals surface area contributed by atoms with Crippen LogP contribution in [0.2, 0.25) is 0 Å². The Kier molecular flexibility index (Phi) is 3.13. The van der Waals surface area contributed by atoms with Crippen LogP contribution in [0.15, 0.2) is 42.7 Å². The SMILES string of the molecule is Cc1ncc2c(n1)C[C@H]1CC[C@H]2N1Cc1ccc2ncccc2c1. The van der Waals surface area contributed by atoms with Gasteiger partial charge in [-0.3, -0.25) is 9.88 Å². The standard InChI is InChI=1S/C20H20N4/c1-13-22-11-17-19(23-13)10-16-5-7-20(17)24(16)12-14-4-6-18-15(9-14)3-2-8-21-18/h2-4,6,8-9,11,16,20H,5,7,10,12H2,1H3/t16-,20-/m1/s1. The van der Waals surface area contributed by atoms with Gasteiger partial charge < -0.3 is 0 Å². The van der Waals surface area contributed by atoms with E-state index in [2.05, 4.69) is 45.3 Å². The topological polar surface area (TPSA) is 41.9 Å². The van der Waals surface area contributed by atoms with Crippen molar-refractivity contribution in [2.75, 3.05) is 0 Å². The summed E-state index contributed by atoms with van der Waals surface area (Å²) >= 11 is 0. The van der Waals surface area contributed by atoms with Gasteiger partial charge in [-0.2, -0.15) is 0 Å². The summed E-state index contributed by atoms with van der Waals surface area (Å²) in [5.41, 5.74) is 5.05. The molecule has 5 rings (SSSR count). The highest BCUT2D eigenvalue weighted by atomic mass is 15.2.